The Hall–Kier alpha value is -1.14. The van der Waals surface area contributed by atoms with Crippen molar-refractivity contribution in [3.8, 4) is 5.75 Å². The maximum Gasteiger partial charge on any atom is 0.149 e. The van der Waals surface area contributed by atoms with Gasteiger partial charge in [0.15, 0.2) is 0 Å². The fraction of sp³-hybridized carbons (Fsp3) is 0.571. The van der Waals surface area contributed by atoms with Gasteiger partial charge in [0.1, 0.15) is 12.0 Å². The number of rotatable bonds is 4. The largest absolute Gasteiger partial charge is 0.475 e. The molecule has 106 valence electrons. The van der Waals surface area contributed by atoms with Crippen LogP contribution in [0.15, 0.2) is 30.3 Å². The zero-order valence-electron chi connectivity index (χ0n) is 11.0. The number of piperidine rings is 1. The molecule has 1 unspecified atom stereocenters. The number of likely N-dealkylation sites (tertiary alicyclic amines) is 1. The minimum atomic E-state index is -0.870. The number of benzene rings is 1. The van der Waals surface area contributed by atoms with E-state index in [9.17, 15) is 15.3 Å². The molecule has 0 aliphatic carbocycles. The molecule has 1 aliphatic heterocycles. The lowest BCUT2D eigenvalue weighted by Gasteiger charge is -2.41. The Kier molecular flexibility index (Phi) is 4.76. The predicted molar refractivity (Wildman–Crippen MR) is 70.7 cm³/mol. The van der Waals surface area contributed by atoms with Crippen LogP contribution in [0.3, 0.4) is 0 Å². The topological polar surface area (TPSA) is 73.2 Å². The summed E-state index contributed by atoms with van der Waals surface area (Å²) in [7, 11) is 0. The molecule has 3 N–H and O–H groups in total. The van der Waals surface area contributed by atoms with Crippen molar-refractivity contribution in [2.24, 2.45) is 5.92 Å². The van der Waals surface area contributed by atoms with Crippen LogP contribution in [0.25, 0.3) is 0 Å². The molecule has 0 saturated carbocycles. The average Bonchev–Trinajstić information content (AvgIpc) is 2.42. The Morgan fingerprint density at radius 2 is 1.95 bits per heavy atom. The Morgan fingerprint density at radius 3 is 2.58 bits per heavy atom. The molecule has 1 aliphatic rings. The second-order valence-electron chi connectivity index (χ2n) is 4.98. The van der Waals surface area contributed by atoms with Gasteiger partial charge in [-0.15, -0.1) is 0 Å². The van der Waals surface area contributed by atoms with Gasteiger partial charge < -0.3 is 20.1 Å². The van der Waals surface area contributed by atoms with E-state index in [-0.39, 0.29) is 18.8 Å². The summed E-state index contributed by atoms with van der Waals surface area (Å²) in [5.74, 6) is 0.418. The number of aliphatic hydroxyl groups excluding tert-OH is 3. The number of aliphatic hydroxyl groups is 3. The molecule has 1 aromatic rings. The standard InChI is InChI=1S/C14H21NO4/c1-10(19-12-5-3-2-4-6-12)15-7-11(9-16)14(18)13(17)8-15/h2-6,10-11,13-14,16-18H,7-9H2,1H3/t10?,11-,13-,14-/m0/s1. The molecule has 4 atom stereocenters. The number of hydrogen-bond acceptors (Lipinski definition) is 5. The summed E-state index contributed by atoms with van der Waals surface area (Å²) in [6, 6.07) is 9.45. The molecule has 19 heavy (non-hydrogen) atoms. The minimum absolute atomic E-state index is 0.146. The van der Waals surface area contributed by atoms with Crippen LogP contribution in [0.5, 0.6) is 5.75 Å². The third-order valence-electron chi connectivity index (χ3n) is 3.57. The Labute approximate surface area is 113 Å². The molecule has 1 fully saturated rings. The van der Waals surface area contributed by atoms with Crippen molar-refractivity contribution in [1.29, 1.82) is 0 Å². The van der Waals surface area contributed by atoms with Crippen molar-refractivity contribution in [2.75, 3.05) is 19.7 Å². The first-order valence-electron chi connectivity index (χ1n) is 6.54. The van der Waals surface area contributed by atoms with E-state index >= 15 is 0 Å². The molecule has 1 aromatic carbocycles. The van der Waals surface area contributed by atoms with Gasteiger partial charge in [0.2, 0.25) is 0 Å². The third kappa shape index (κ3) is 3.45. The van der Waals surface area contributed by atoms with E-state index in [4.69, 9.17) is 4.74 Å². The first-order valence-corrected chi connectivity index (χ1v) is 6.54. The van der Waals surface area contributed by atoms with Crippen molar-refractivity contribution >= 4 is 0 Å². The van der Waals surface area contributed by atoms with Gasteiger partial charge in [-0.1, -0.05) is 18.2 Å². The summed E-state index contributed by atoms with van der Waals surface area (Å²) >= 11 is 0. The van der Waals surface area contributed by atoms with Crippen LogP contribution in [0.1, 0.15) is 6.92 Å². The smallest absolute Gasteiger partial charge is 0.149 e. The molecule has 0 bridgehead atoms. The highest BCUT2D eigenvalue weighted by molar-refractivity contribution is 5.21. The molecule has 5 nitrogen and oxygen atoms in total. The first kappa shape index (κ1) is 14.3. The lowest BCUT2D eigenvalue weighted by Crippen LogP contribution is -2.56. The summed E-state index contributed by atoms with van der Waals surface area (Å²) in [5, 5.41) is 28.8. The lowest BCUT2D eigenvalue weighted by atomic mass is 9.93. The molecular weight excluding hydrogens is 246 g/mol. The highest BCUT2D eigenvalue weighted by Gasteiger charge is 2.36. The van der Waals surface area contributed by atoms with E-state index in [1.54, 1.807) is 0 Å². The molecule has 0 radical (unpaired) electrons. The summed E-state index contributed by atoms with van der Waals surface area (Å²) < 4.78 is 5.78. The van der Waals surface area contributed by atoms with E-state index in [0.717, 1.165) is 5.75 Å². The molecular formula is C14H21NO4. The maximum atomic E-state index is 9.81. The van der Waals surface area contributed by atoms with Gasteiger partial charge in [0, 0.05) is 25.6 Å². The Morgan fingerprint density at radius 1 is 1.26 bits per heavy atom. The van der Waals surface area contributed by atoms with Gasteiger partial charge in [-0.25, -0.2) is 0 Å². The summed E-state index contributed by atoms with van der Waals surface area (Å²) in [6.45, 7) is 2.59. The second-order valence-corrected chi connectivity index (χ2v) is 4.98. The number of β-amino-alcohol motifs (C(OH)–C–C–N with tert-alkyl or cyclic N) is 1. The van der Waals surface area contributed by atoms with Crippen LogP contribution in [-0.4, -0.2) is 58.4 Å². The van der Waals surface area contributed by atoms with E-state index in [2.05, 4.69) is 0 Å². The molecule has 0 spiro atoms. The van der Waals surface area contributed by atoms with Crippen molar-refractivity contribution in [3.63, 3.8) is 0 Å². The van der Waals surface area contributed by atoms with E-state index in [1.165, 1.54) is 0 Å². The number of nitrogens with zero attached hydrogens (tertiary/aromatic N) is 1. The quantitative estimate of drug-likeness (QED) is 0.719. The van der Waals surface area contributed by atoms with Crippen molar-refractivity contribution < 1.29 is 20.1 Å². The summed E-state index contributed by atoms with van der Waals surface area (Å²) in [5.41, 5.74) is 0. The van der Waals surface area contributed by atoms with Crippen LogP contribution in [0.4, 0.5) is 0 Å². The van der Waals surface area contributed by atoms with Crippen LogP contribution in [-0.2, 0) is 0 Å². The first-order chi connectivity index (χ1) is 9.11. The molecule has 2 rings (SSSR count). The SMILES string of the molecule is CC(Oc1ccccc1)N1C[C@@H](CO)[C@H](O)[C@@H](O)C1. The third-order valence-corrected chi connectivity index (χ3v) is 3.57. The minimum Gasteiger partial charge on any atom is -0.475 e. The van der Waals surface area contributed by atoms with Gasteiger partial charge in [-0.3, -0.25) is 4.90 Å². The monoisotopic (exact) mass is 267 g/mol. The van der Waals surface area contributed by atoms with Crippen LogP contribution >= 0.6 is 0 Å². The van der Waals surface area contributed by atoms with Gasteiger partial charge in [-0.05, 0) is 19.1 Å². The highest BCUT2D eigenvalue weighted by Crippen LogP contribution is 2.21. The van der Waals surface area contributed by atoms with Crippen molar-refractivity contribution in [1.82, 2.24) is 4.90 Å². The fourth-order valence-corrected chi connectivity index (χ4v) is 2.38. The van der Waals surface area contributed by atoms with Crippen LogP contribution in [0, 0.1) is 5.92 Å². The van der Waals surface area contributed by atoms with Gasteiger partial charge in [-0.2, -0.15) is 0 Å². The number of ether oxygens (including phenoxy) is 1. The van der Waals surface area contributed by atoms with Crippen molar-refractivity contribution in [2.45, 2.75) is 25.4 Å². The zero-order valence-corrected chi connectivity index (χ0v) is 11.0. The normalized spacial score (nSPS) is 30.0. The van der Waals surface area contributed by atoms with Gasteiger partial charge in [0.25, 0.3) is 0 Å². The highest BCUT2D eigenvalue weighted by atomic mass is 16.5. The molecule has 0 amide bonds. The number of para-hydroxylation sites is 1. The maximum absolute atomic E-state index is 9.81. The molecule has 0 aromatic heterocycles. The van der Waals surface area contributed by atoms with Crippen molar-refractivity contribution in [3.05, 3.63) is 30.3 Å². The molecule has 5 heteroatoms. The molecule has 1 heterocycles. The van der Waals surface area contributed by atoms with Gasteiger partial charge >= 0.3 is 0 Å². The Bertz CT molecular complexity index is 386. The average molecular weight is 267 g/mol. The zero-order chi connectivity index (χ0) is 13.8. The van der Waals surface area contributed by atoms with E-state index < -0.39 is 12.2 Å². The van der Waals surface area contributed by atoms with Crippen LogP contribution in [0.2, 0.25) is 0 Å². The summed E-state index contributed by atoms with van der Waals surface area (Å²) in [6.07, 6.45) is -1.95. The fourth-order valence-electron chi connectivity index (χ4n) is 2.38. The second kappa shape index (κ2) is 6.34. The van der Waals surface area contributed by atoms with E-state index in [1.807, 2.05) is 42.2 Å². The van der Waals surface area contributed by atoms with Crippen LogP contribution < -0.4 is 4.74 Å². The Balaban J connectivity index is 1.97. The van der Waals surface area contributed by atoms with Gasteiger partial charge in [0.05, 0.1) is 12.2 Å². The number of hydrogen-bond donors (Lipinski definition) is 3. The predicted octanol–water partition coefficient (Wildman–Crippen LogP) is 0.0573. The lowest BCUT2D eigenvalue weighted by molar-refractivity contribution is -0.116. The summed E-state index contributed by atoms with van der Waals surface area (Å²) in [4.78, 5) is 1.92. The molecule has 1 saturated heterocycles. The van der Waals surface area contributed by atoms with E-state index in [0.29, 0.717) is 13.1 Å².